The Morgan fingerprint density at radius 1 is 1.13 bits per heavy atom. The second kappa shape index (κ2) is 8.69. The van der Waals surface area contributed by atoms with Gasteiger partial charge in [-0.3, -0.25) is 19.9 Å². The summed E-state index contributed by atoms with van der Waals surface area (Å²) in [6, 6.07) is 16.7. The van der Waals surface area contributed by atoms with E-state index in [1.54, 1.807) is 0 Å². The number of nitrogens with zero attached hydrogens (tertiary/aromatic N) is 3. The second-order valence-corrected chi connectivity index (χ2v) is 8.48. The van der Waals surface area contributed by atoms with Gasteiger partial charge in [0.05, 0.1) is 11.4 Å². The molecule has 158 valence electrons. The van der Waals surface area contributed by atoms with Gasteiger partial charge in [0.15, 0.2) is 5.13 Å². The molecule has 0 aliphatic carbocycles. The Morgan fingerprint density at radius 3 is 2.48 bits per heavy atom. The average Bonchev–Trinajstić information content (AvgIpc) is 3.42. The van der Waals surface area contributed by atoms with Crippen LogP contribution in [0.4, 0.5) is 10.8 Å². The Kier molecular flexibility index (Phi) is 5.81. The van der Waals surface area contributed by atoms with Crippen LogP contribution in [-0.4, -0.2) is 28.6 Å². The maximum absolute atomic E-state index is 12.8. The number of rotatable bonds is 6. The van der Waals surface area contributed by atoms with Crippen LogP contribution in [0.5, 0.6) is 0 Å². The molecule has 0 unspecified atom stereocenters. The van der Waals surface area contributed by atoms with E-state index < -0.39 is 11.9 Å². The molecule has 0 radical (unpaired) electrons. The summed E-state index contributed by atoms with van der Waals surface area (Å²) in [5.41, 5.74) is 9.54. The minimum atomic E-state index is -0.700. The highest BCUT2D eigenvalue weighted by atomic mass is 32.1. The molecule has 1 aromatic heterocycles. The number of hydrogen-bond donors (Lipinski definition) is 2. The molecule has 2 aromatic carbocycles. The summed E-state index contributed by atoms with van der Waals surface area (Å²) >= 11 is 1.34. The third kappa shape index (κ3) is 4.49. The minimum absolute atomic E-state index is 0.144. The molecule has 0 bridgehead atoms. The molecule has 3 aromatic rings. The monoisotopic (exact) mass is 433 g/mol. The van der Waals surface area contributed by atoms with E-state index in [1.807, 2.05) is 47.8 Å². The molecule has 1 aliphatic heterocycles. The molecule has 3 N–H and O–H groups in total. The number of hydrogen-bond acceptors (Lipinski definition) is 6. The van der Waals surface area contributed by atoms with Crippen LogP contribution >= 0.6 is 11.3 Å². The largest absolute Gasteiger partial charge is 0.368 e. The number of nitrogens with two attached hydrogens (primary N) is 1. The molecule has 1 atom stereocenters. The molecule has 0 saturated carbocycles. The van der Waals surface area contributed by atoms with E-state index in [9.17, 15) is 9.59 Å². The van der Waals surface area contributed by atoms with Crippen LogP contribution < -0.4 is 16.1 Å². The molecule has 0 saturated heterocycles. The first-order chi connectivity index (χ1) is 14.9. The Labute approximate surface area is 184 Å². The Hall–Kier alpha value is -3.52. The van der Waals surface area contributed by atoms with Crippen LogP contribution in [0.15, 0.2) is 65.1 Å². The number of primary amides is 1. The van der Waals surface area contributed by atoms with Gasteiger partial charge in [-0.2, -0.15) is 5.10 Å². The van der Waals surface area contributed by atoms with Crippen molar-refractivity contribution in [2.45, 2.75) is 32.2 Å². The summed E-state index contributed by atoms with van der Waals surface area (Å²) in [6.07, 6.45) is 0.144. The van der Waals surface area contributed by atoms with Gasteiger partial charge in [-0.25, -0.2) is 4.98 Å². The lowest BCUT2D eigenvalue weighted by atomic mass is 10.0. The molecular weight excluding hydrogens is 410 g/mol. The van der Waals surface area contributed by atoms with Crippen molar-refractivity contribution in [2.75, 3.05) is 10.3 Å². The zero-order chi connectivity index (χ0) is 22.0. The predicted octanol–water partition coefficient (Wildman–Crippen LogP) is 3.99. The molecule has 7 nitrogen and oxygen atoms in total. The van der Waals surface area contributed by atoms with Crippen LogP contribution in [0.1, 0.15) is 31.7 Å². The Balaban J connectivity index is 1.49. The zero-order valence-corrected chi connectivity index (χ0v) is 18.1. The minimum Gasteiger partial charge on any atom is -0.368 e. The highest BCUT2D eigenvalue weighted by Crippen LogP contribution is 2.28. The van der Waals surface area contributed by atoms with E-state index in [-0.39, 0.29) is 18.0 Å². The Bertz CT molecular complexity index is 1120. The summed E-state index contributed by atoms with van der Waals surface area (Å²) in [5, 5.41) is 11.0. The standard InChI is InChI=1S/C23H23N5O2S/c1-14(2)15-8-10-16(11-9-15)19-13-31-23(25-19)26-22(30)18-12-20(21(24)29)28(27-18)17-6-4-3-5-7-17/h3-11,13-14,20H,12H2,1-2H3,(H2,24,29)(H,25,26,30)/t20-/m0/s1. The quantitative estimate of drug-likeness (QED) is 0.614. The SMILES string of the molecule is CC(C)c1ccc(-c2csc(NC(=O)C3=NN(c4ccccc4)[C@H](C(N)=O)C3)n2)cc1. The lowest BCUT2D eigenvalue weighted by Gasteiger charge is -2.20. The van der Waals surface area contributed by atoms with Crippen molar-refractivity contribution >= 4 is 39.7 Å². The number of thiazole rings is 1. The van der Waals surface area contributed by atoms with Gasteiger partial charge in [-0.15, -0.1) is 11.3 Å². The van der Waals surface area contributed by atoms with E-state index >= 15 is 0 Å². The van der Waals surface area contributed by atoms with Gasteiger partial charge in [0.25, 0.3) is 5.91 Å². The van der Waals surface area contributed by atoms with Crippen molar-refractivity contribution in [1.82, 2.24) is 4.98 Å². The van der Waals surface area contributed by atoms with Crippen LogP contribution in [0.25, 0.3) is 11.3 Å². The molecular formula is C23H23N5O2S. The van der Waals surface area contributed by atoms with E-state index in [0.717, 1.165) is 11.3 Å². The maximum Gasteiger partial charge on any atom is 0.273 e. The molecule has 4 rings (SSSR count). The molecule has 2 heterocycles. The van der Waals surface area contributed by atoms with Crippen LogP contribution in [0.2, 0.25) is 0 Å². The summed E-state index contributed by atoms with van der Waals surface area (Å²) < 4.78 is 0. The number of benzene rings is 2. The summed E-state index contributed by atoms with van der Waals surface area (Å²) in [5.74, 6) is -0.455. The van der Waals surface area contributed by atoms with E-state index in [1.165, 1.54) is 21.9 Å². The molecule has 0 spiro atoms. The maximum atomic E-state index is 12.8. The fraction of sp³-hybridized carbons (Fsp3) is 0.217. The number of anilines is 2. The molecule has 0 fully saturated rings. The number of para-hydroxylation sites is 1. The van der Waals surface area contributed by atoms with Crippen LogP contribution in [0.3, 0.4) is 0 Å². The Morgan fingerprint density at radius 2 is 1.84 bits per heavy atom. The first-order valence-electron chi connectivity index (χ1n) is 10.0. The van der Waals surface area contributed by atoms with Crippen molar-refractivity contribution in [3.8, 4) is 11.3 Å². The van der Waals surface area contributed by atoms with Gasteiger partial charge in [0.1, 0.15) is 11.8 Å². The lowest BCUT2D eigenvalue weighted by molar-refractivity contribution is -0.119. The van der Waals surface area contributed by atoms with E-state index in [4.69, 9.17) is 5.73 Å². The fourth-order valence-corrected chi connectivity index (χ4v) is 4.07. The van der Waals surface area contributed by atoms with Crippen LogP contribution in [-0.2, 0) is 9.59 Å². The smallest absolute Gasteiger partial charge is 0.273 e. The highest BCUT2D eigenvalue weighted by Gasteiger charge is 2.35. The van der Waals surface area contributed by atoms with Gasteiger partial charge < -0.3 is 5.73 Å². The fourth-order valence-electron chi connectivity index (χ4n) is 3.36. The normalized spacial score (nSPS) is 15.8. The average molecular weight is 434 g/mol. The number of carbonyl (C=O) groups excluding carboxylic acids is 2. The third-order valence-electron chi connectivity index (χ3n) is 5.12. The number of aromatic nitrogens is 1. The number of carbonyl (C=O) groups is 2. The first kappa shape index (κ1) is 20.7. The van der Waals surface area contributed by atoms with Crippen molar-refractivity contribution < 1.29 is 9.59 Å². The van der Waals surface area contributed by atoms with Gasteiger partial charge in [-0.1, -0.05) is 56.3 Å². The zero-order valence-electron chi connectivity index (χ0n) is 17.3. The molecule has 31 heavy (non-hydrogen) atoms. The van der Waals surface area contributed by atoms with Crippen molar-refractivity contribution in [1.29, 1.82) is 0 Å². The van der Waals surface area contributed by atoms with Gasteiger partial charge >= 0.3 is 0 Å². The van der Waals surface area contributed by atoms with Crippen molar-refractivity contribution in [3.05, 3.63) is 65.5 Å². The van der Waals surface area contributed by atoms with Crippen LogP contribution in [0, 0.1) is 0 Å². The first-order valence-corrected chi connectivity index (χ1v) is 10.9. The predicted molar refractivity (Wildman–Crippen MR) is 124 cm³/mol. The van der Waals surface area contributed by atoms with Crippen molar-refractivity contribution in [3.63, 3.8) is 0 Å². The second-order valence-electron chi connectivity index (χ2n) is 7.62. The highest BCUT2D eigenvalue weighted by molar-refractivity contribution is 7.14. The summed E-state index contributed by atoms with van der Waals surface area (Å²) in [4.78, 5) is 29.2. The lowest BCUT2D eigenvalue weighted by Crippen LogP contribution is -2.39. The summed E-state index contributed by atoms with van der Waals surface area (Å²) in [6.45, 7) is 4.30. The third-order valence-corrected chi connectivity index (χ3v) is 5.88. The molecule has 8 heteroatoms. The number of amides is 2. The van der Waals surface area contributed by atoms with E-state index in [2.05, 4.69) is 41.4 Å². The van der Waals surface area contributed by atoms with Crippen molar-refractivity contribution in [2.24, 2.45) is 10.8 Å². The molecule has 1 aliphatic rings. The van der Waals surface area contributed by atoms with E-state index in [0.29, 0.717) is 16.7 Å². The number of hydrazone groups is 1. The molecule has 2 amide bonds. The summed E-state index contributed by atoms with van der Waals surface area (Å²) in [7, 11) is 0. The van der Waals surface area contributed by atoms with Gasteiger partial charge in [-0.05, 0) is 23.6 Å². The topological polar surface area (TPSA) is 101 Å². The van der Waals surface area contributed by atoms with Gasteiger partial charge in [0, 0.05) is 17.4 Å². The number of nitrogens with one attached hydrogen (secondary N) is 1. The van der Waals surface area contributed by atoms with Gasteiger partial charge in [0.2, 0.25) is 5.91 Å².